The Hall–Kier alpha value is -4.46. The lowest BCUT2D eigenvalue weighted by Crippen LogP contribution is -2.13. The number of primary amides is 1. The molecule has 0 aliphatic heterocycles. The molecule has 0 bridgehead atoms. The van der Waals surface area contributed by atoms with Gasteiger partial charge in [-0.3, -0.25) is 14.5 Å². The van der Waals surface area contributed by atoms with Crippen LogP contribution in [0.15, 0.2) is 67.4 Å². The number of imidazole rings is 1. The molecule has 0 saturated heterocycles. The van der Waals surface area contributed by atoms with E-state index in [2.05, 4.69) is 10.1 Å². The van der Waals surface area contributed by atoms with Gasteiger partial charge in [0.15, 0.2) is 0 Å². The number of nitrogens with two attached hydrogens (primary N) is 2. The number of anilines is 1. The number of pyridine rings is 1. The van der Waals surface area contributed by atoms with Crippen molar-refractivity contribution < 1.29 is 4.79 Å². The number of benzene rings is 2. The Labute approximate surface area is 184 Å². The first-order chi connectivity index (χ1) is 15.4. The number of para-hydroxylation sites is 1. The van der Waals surface area contributed by atoms with E-state index in [-0.39, 0.29) is 0 Å². The molecule has 158 valence electrons. The molecule has 0 aliphatic rings. The van der Waals surface area contributed by atoms with Crippen molar-refractivity contribution in [3.63, 3.8) is 0 Å². The van der Waals surface area contributed by atoms with Crippen molar-refractivity contribution in [1.82, 2.24) is 24.3 Å². The standard InChI is InChI=1S/C24H21N7O/c1-14-8-19(15-6-7-18(24(26)32)20(25)9-15)17-4-3-5-22(23(17)29-14)31-12-21(27-13-31)16-10-28-30(2)11-16/h3-13H,25H2,1-2H3,(H2,26,32). The van der Waals surface area contributed by atoms with Crippen LogP contribution in [0.4, 0.5) is 5.69 Å². The minimum Gasteiger partial charge on any atom is -0.398 e. The molecule has 0 spiro atoms. The summed E-state index contributed by atoms with van der Waals surface area (Å²) in [6.07, 6.45) is 7.46. The zero-order valence-corrected chi connectivity index (χ0v) is 17.6. The maximum Gasteiger partial charge on any atom is 0.250 e. The molecule has 0 fully saturated rings. The Morgan fingerprint density at radius 3 is 2.62 bits per heavy atom. The first-order valence-electron chi connectivity index (χ1n) is 10.0. The largest absolute Gasteiger partial charge is 0.398 e. The average Bonchev–Trinajstić information content (AvgIpc) is 3.41. The quantitative estimate of drug-likeness (QED) is 0.429. The van der Waals surface area contributed by atoms with Gasteiger partial charge in [-0.2, -0.15) is 5.10 Å². The zero-order chi connectivity index (χ0) is 22.4. The van der Waals surface area contributed by atoms with Crippen LogP contribution in [-0.2, 0) is 7.05 Å². The van der Waals surface area contributed by atoms with E-state index < -0.39 is 5.91 Å². The molecule has 4 N–H and O–H groups in total. The van der Waals surface area contributed by atoms with E-state index in [0.717, 1.165) is 44.7 Å². The third-order valence-electron chi connectivity index (χ3n) is 5.44. The Bertz CT molecular complexity index is 1500. The van der Waals surface area contributed by atoms with Gasteiger partial charge in [0.2, 0.25) is 0 Å². The van der Waals surface area contributed by atoms with E-state index in [0.29, 0.717) is 11.3 Å². The van der Waals surface area contributed by atoms with Gasteiger partial charge in [0.1, 0.15) is 0 Å². The van der Waals surface area contributed by atoms with E-state index in [1.165, 1.54) is 0 Å². The van der Waals surface area contributed by atoms with Gasteiger partial charge in [-0.1, -0.05) is 18.2 Å². The van der Waals surface area contributed by atoms with Gasteiger partial charge in [-0.15, -0.1) is 0 Å². The van der Waals surface area contributed by atoms with Gasteiger partial charge in [0, 0.05) is 41.8 Å². The van der Waals surface area contributed by atoms with Gasteiger partial charge in [0.25, 0.3) is 5.91 Å². The highest BCUT2D eigenvalue weighted by Crippen LogP contribution is 2.33. The molecule has 32 heavy (non-hydrogen) atoms. The first-order valence-corrected chi connectivity index (χ1v) is 10.0. The topological polar surface area (TPSA) is 118 Å². The number of rotatable bonds is 4. The number of carbonyl (C=O) groups is 1. The Kier molecular flexibility index (Phi) is 4.48. The number of amides is 1. The van der Waals surface area contributed by atoms with Crippen molar-refractivity contribution in [2.24, 2.45) is 12.8 Å². The molecular formula is C24H21N7O. The molecule has 0 unspecified atom stereocenters. The fourth-order valence-corrected chi connectivity index (χ4v) is 3.92. The maximum absolute atomic E-state index is 11.6. The van der Waals surface area contributed by atoms with E-state index in [4.69, 9.17) is 16.5 Å². The monoisotopic (exact) mass is 423 g/mol. The smallest absolute Gasteiger partial charge is 0.250 e. The lowest BCUT2D eigenvalue weighted by molar-refractivity contribution is 0.100. The van der Waals surface area contributed by atoms with Crippen LogP contribution < -0.4 is 11.5 Å². The fourth-order valence-electron chi connectivity index (χ4n) is 3.92. The summed E-state index contributed by atoms with van der Waals surface area (Å²) in [7, 11) is 1.88. The van der Waals surface area contributed by atoms with Crippen LogP contribution >= 0.6 is 0 Å². The number of nitrogen functional groups attached to an aromatic ring is 1. The van der Waals surface area contributed by atoms with Crippen LogP contribution in [0.1, 0.15) is 16.1 Å². The van der Waals surface area contributed by atoms with Crippen molar-refractivity contribution >= 4 is 22.5 Å². The summed E-state index contributed by atoms with van der Waals surface area (Å²) in [5.41, 5.74) is 18.4. The van der Waals surface area contributed by atoms with Gasteiger partial charge in [-0.05, 0) is 42.3 Å². The highest BCUT2D eigenvalue weighted by atomic mass is 16.1. The number of aryl methyl sites for hydroxylation is 2. The molecular weight excluding hydrogens is 402 g/mol. The predicted molar refractivity (Wildman–Crippen MR) is 124 cm³/mol. The fraction of sp³-hybridized carbons (Fsp3) is 0.0833. The number of hydrogen-bond acceptors (Lipinski definition) is 5. The maximum atomic E-state index is 11.6. The number of hydrogen-bond donors (Lipinski definition) is 2. The minimum absolute atomic E-state index is 0.311. The molecule has 5 aromatic rings. The SMILES string of the molecule is Cc1cc(-c2ccc(C(N)=O)c(N)c2)c2cccc(-n3cnc(-c4cnn(C)c4)c3)c2n1. The Morgan fingerprint density at radius 2 is 1.91 bits per heavy atom. The molecule has 0 aliphatic carbocycles. The van der Waals surface area contributed by atoms with Gasteiger partial charge in [0.05, 0.1) is 35.0 Å². The van der Waals surface area contributed by atoms with Crippen LogP contribution in [0.3, 0.4) is 0 Å². The van der Waals surface area contributed by atoms with E-state index in [9.17, 15) is 4.79 Å². The van der Waals surface area contributed by atoms with E-state index >= 15 is 0 Å². The third kappa shape index (κ3) is 3.27. The summed E-state index contributed by atoms with van der Waals surface area (Å²) < 4.78 is 3.71. The molecule has 5 rings (SSSR count). The number of carbonyl (C=O) groups excluding carboxylic acids is 1. The van der Waals surface area contributed by atoms with Crippen LogP contribution in [0.25, 0.3) is 39.0 Å². The first kappa shape index (κ1) is 19.5. The number of nitrogens with zero attached hydrogens (tertiary/aromatic N) is 5. The van der Waals surface area contributed by atoms with Crippen molar-refractivity contribution in [2.45, 2.75) is 6.92 Å². The zero-order valence-electron chi connectivity index (χ0n) is 17.6. The molecule has 3 aromatic heterocycles. The number of aromatic nitrogens is 5. The Balaban J connectivity index is 1.66. The molecule has 0 radical (unpaired) electrons. The lowest BCUT2D eigenvalue weighted by atomic mass is 9.97. The molecule has 1 amide bonds. The molecule has 8 nitrogen and oxygen atoms in total. The average molecular weight is 423 g/mol. The van der Waals surface area contributed by atoms with Crippen LogP contribution in [0, 0.1) is 6.92 Å². The number of fused-ring (bicyclic) bond motifs is 1. The van der Waals surface area contributed by atoms with Crippen molar-refractivity contribution in [3.05, 3.63) is 78.6 Å². The third-order valence-corrected chi connectivity index (χ3v) is 5.44. The van der Waals surface area contributed by atoms with Crippen LogP contribution in [-0.4, -0.2) is 30.2 Å². The van der Waals surface area contributed by atoms with Crippen molar-refractivity contribution in [3.8, 4) is 28.1 Å². The summed E-state index contributed by atoms with van der Waals surface area (Å²) in [6, 6.07) is 13.3. The second-order valence-electron chi connectivity index (χ2n) is 7.72. The highest BCUT2D eigenvalue weighted by molar-refractivity contribution is 6.02. The van der Waals surface area contributed by atoms with Gasteiger partial charge < -0.3 is 16.0 Å². The van der Waals surface area contributed by atoms with E-state index in [1.807, 2.05) is 61.3 Å². The summed E-state index contributed by atoms with van der Waals surface area (Å²) in [5.74, 6) is -0.545. The normalized spacial score (nSPS) is 11.2. The minimum atomic E-state index is -0.545. The lowest BCUT2D eigenvalue weighted by Gasteiger charge is -2.13. The second kappa shape index (κ2) is 7.35. The molecule has 0 saturated carbocycles. The highest BCUT2D eigenvalue weighted by Gasteiger charge is 2.14. The second-order valence-corrected chi connectivity index (χ2v) is 7.72. The molecule has 2 aromatic carbocycles. The van der Waals surface area contributed by atoms with Crippen LogP contribution in [0.2, 0.25) is 0 Å². The molecule has 8 heteroatoms. The van der Waals surface area contributed by atoms with Gasteiger partial charge >= 0.3 is 0 Å². The summed E-state index contributed by atoms with van der Waals surface area (Å²) in [6.45, 7) is 1.95. The van der Waals surface area contributed by atoms with Crippen molar-refractivity contribution in [1.29, 1.82) is 0 Å². The van der Waals surface area contributed by atoms with Crippen molar-refractivity contribution in [2.75, 3.05) is 5.73 Å². The van der Waals surface area contributed by atoms with Gasteiger partial charge in [-0.25, -0.2) is 4.98 Å². The Morgan fingerprint density at radius 1 is 1.06 bits per heavy atom. The molecule has 0 atom stereocenters. The predicted octanol–water partition coefficient (Wildman–Crippen LogP) is 3.48. The molecule has 3 heterocycles. The summed E-state index contributed by atoms with van der Waals surface area (Å²) in [4.78, 5) is 20.9. The van der Waals surface area contributed by atoms with E-state index in [1.54, 1.807) is 29.3 Å². The van der Waals surface area contributed by atoms with Crippen LogP contribution in [0.5, 0.6) is 0 Å². The summed E-state index contributed by atoms with van der Waals surface area (Å²) in [5, 5.41) is 5.19. The summed E-state index contributed by atoms with van der Waals surface area (Å²) >= 11 is 0.